The maximum Gasteiger partial charge on any atom is 0.294 e. The summed E-state index contributed by atoms with van der Waals surface area (Å²) in [4.78, 5) is 27.8. The van der Waals surface area contributed by atoms with Gasteiger partial charge in [0.25, 0.3) is 5.91 Å². The molecule has 1 unspecified atom stereocenters. The number of nitriles is 1. The molecule has 3 rings (SSSR count). The van der Waals surface area contributed by atoms with Gasteiger partial charge in [0.15, 0.2) is 11.5 Å². The zero-order valence-corrected chi connectivity index (χ0v) is 18.2. The fourth-order valence-corrected chi connectivity index (χ4v) is 3.51. The number of nitrogens with zero attached hydrogens (tertiary/aromatic N) is 2. The number of rotatable bonds is 6. The molecule has 1 heterocycles. The largest absolute Gasteiger partial charge is 0.503 e. The molecular formula is C25H26N2O4. The van der Waals surface area contributed by atoms with Crippen molar-refractivity contribution in [3.05, 3.63) is 71.0 Å². The van der Waals surface area contributed by atoms with E-state index in [0.717, 1.165) is 6.42 Å². The highest BCUT2D eigenvalue weighted by atomic mass is 16.5. The van der Waals surface area contributed by atoms with E-state index in [2.05, 4.69) is 0 Å². The molecule has 1 atom stereocenters. The molecule has 1 aliphatic rings. The maximum atomic E-state index is 13.3. The number of aliphatic hydroxyl groups excluding tert-OH is 1. The van der Waals surface area contributed by atoms with Gasteiger partial charge in [-0.3, -0.25) is 14.5 Å². The fraction of sp³-hybridized carbons (Fsp3) is 0.320. The molecule has 1 amide bonds. The van der Waals surface area contributed by atoms with Crippen molar-refractivity contribution >= 4 is 17.4 Å². The van der Waals surface area contributed by atoms with Crippen LogP contribution < -0.4 is 9.64 Å². The Balaban J connectivity index is 2.16. The number of carbonyl (C=O) groups is 2. The molecule has 2 aromatic rings. The van der Waals surface area contributed by atoms with Gasteiger partial charge < -0.3 is 9.84 Å². The van der Waals surface area contributed by atoms with Gasteiger partial charge in [-0.2, -0.15) is 5.26 Å². The number of ketones is 1. The summed E-state index contributed by atoms with van der Waals surface area (Å²) in [5.41, 5.74) is 0.860. The van der Waals surface area contributed by atoms with Gasteiger partial charge >= 0.3 is 0 Å². The SMILES string of the molecule is CCCOc1cccc(C2C(C(=O)C(C)(C)C)=C(O)C(=O)N2c2ccc(C#N)cc2)c1. The van der Waals surface area contributed by atoms with Gasteiger partial charge in [-0.05, 0) is 48.4 Å². The third-order valence-electron chi connectivity index (χ3n) is 5.06. The molecule has 0 aliphatic carbocycles. The van der Waals surface area contributed by atoms with Crippen molar-refractivity contribution in [2.24, 2.45) is 5.41 Å². The van der Waals surface area contributed by atoms with E-state index >= 15 is 0 Å². The topological polar surface area (TPSA) is 90.6 Å². The second-order valence-electron chi connectivity index (χ2n) is 8.50. The summed E-state index contributed by atoms with van der Waals surface area (Å²) >= 11 is 0. The van der Waals surface area contributed by atoms with E-state index in [1.165, 1.54) is 4.90 Å². The summed E-state index contributed by atoms with van der Waals surface area (Å²) in [6.07, 6.45) is 0.845. The highest BCUT2D eigenvalue weighted by molar-refractivity contribution is 6.17. The molecule has 0 fully saturated rings. The molecule has 1 aliphatic heterocycles. The van der Waals surface area contributed by atoms with Gasteiger partial charge in [-0.1, -0.05) is 39.8 Å². The van der Waals surface area contributed by atoms with Crippen LogP contribution in [0.1, 0.15) is 51.3 Å². The van der Waals surface area contributed by atoms with Gasteiger partial charge in [-0.25, -0.2) is 0 Å². The summed E-state index contributed by atoms with van der Waals surface area (Å²) in [6.45, 7) is 7.81. The number of amides is 1. The van der Waals surface area contributed by atoms with E-state index in [-0.39, 0.29) is 11.4 Å². The summed E-state index contributed by atoms with van der Waals surface area (Å²) in [6, 6.07) is 14.9. The fourth-order valence-electron chi connectivity index (χ4n) is 3.51. The van der Waals surface area contributed by atoms with E-state index < -0.39 is 23.1 Å². The van der Waals surface area contributed by atoms with Crippen LogP contribution in [0.3, 0.4) is 0 Å². The molecule has 0 spiro atoms. The van der Waals surface area contributed by atoms with Crippen LogP contribution in [0.25, 0.3) is 0 Å². The predicted molar refractivity (Wildman–Crippen MR) is 118 cm³/mol. The molecule has 2 aromatic carbocycles. The number of benzene rings is 2. The number of hydrogen-bond acceptors (Lipinski definition) is 5. The Kier molecular flexibility index (Phi) is 6.16. The Morgan fingerprint density at radius 2 is 1.87 bits per heavy atom. The minimum atomic E-state index is -0.808. The molecule has 6 heteroatoms. The van der Waals surface area contributed by atoms with Crippen molar-refractivity contribution < 1.29 is 19.4 Å². The van der Waals surface area contributed by atoms with Crippen molar-refractivity contribution in [3.63, 3.8) is 0 Å². The highest BCUT2D eigenvalue weighted by Crippen LogP contribution is 2.43. The molecule has 0 aromatic heterocycles. The average Bonchev–Trinajstić information content (AvgIpc) is 3.02. The van der Waals surface area contributed by atoms with Crippen molar-refractivity contribution in [3.8, 4) is 11.8 Å². The zero-order chi connectivity index (χ0) is 22.8. The Morgan fingerprint density at radius 1 is 1.19 bits per heavy atom. The molecular weight excluding hydrogens is 392 g/mol. The Bertz CT molecular complexity index is 1070. The van der Waals surface area contributed by atoms with Crippen LogP contribution in [-0.2, 0) is 9.59 Å². The number of anilines is 1. The van der Waals surface area contributed by atoms with E-state index in [1.807, 2.05) is 25.1 Å². The summed E-state index contributed by atoms with van der Waals surface area (Å²) < 4.78 is 5.74. The van der Waals surface area contributed by atoms with Gasteiger partial charge in [0.05, 0.1) is 29.9 Å². The number of ether oxygens (including phenoxy) is 1. The Hall–Kier alpha value is -3.59. The molecule has 31 heavy (non-hydrogen) atoms. The third-order valence-corrected chi connectivity index (χ3v) is 5.06. The molecule has 160 valence electrons. The lowest BCUT2D eigenvalue weighted by Crippen LogP contribution is -2.32. The predicted octanol–water partition coefficient (Wildman–Crippen LogP) is 4.86. The third kappa shape index (κ3) is 4.31. The van der Waals surface area contributed by atoms with Crippen LogP contribution in [0.5, 0.6) is 5.75 Å². The van der Waals surface area contributed by atoms with Gasteiger partial charge in [-0.15, -0.1) is 0 Å². The maximum absolute atomic E-state index is 13.3. The van der Waals surface area contributed by atoms with Crippen molar-refractivity contribution in [2.45, 2.75) is 40.2 Å². The van der Waals surface area contributed by atoms with Crippen LogP contribution in [0.4, 0.5) is 5.69 Å². The summed E-state index contributed by atoms with van der Waals surface area (Å²) in [5, 5.41) is 19.8. The minimum Gasteiger partial charge on any atom is -0.503 e. The quantitative estimate of drug-likeness (QED) is 0.723. The van der Waals surface area contributed by atoms with Crippen LogP contribution in [-0.4, -0.2) is 23.4 Å². The second-order valence-corrected chi connectivity index (χ2v) is 8.50. The van der Waals surface area contributed by atoms with Gasteiger partial charge in [0.2, 0.25) is 0 Å². The van der Waals surface area contributed by atoms with E-state index in [4.69, 9.17) is 10.00 Å². The molecule has 0 bridgehead atoms. The van der Waals surface area contributed by atoms with Crippen LogP contribution in [0.2, 0.25) is 0 Å². The van der Waals surface area contributed by atoms with Crippen molar-refractivity contribution in [1.29, 1.82) is 5.26 Å². The van der Waals surface area contributed by atoms with Crippen LogP contribution >= 0.6 is 0 Å². The molecule has 1 N–H and O–H groups in total. The first-order chi connectivity index (χ1) is 14.7. The highest BCUT2D eigenvalue weighted by Gasteiger charge is 2.46. The number of hydrogen-bond donors (Lipinski definition) is 1. The number of aliphatic hydroxyl groups is 1. The summed E-state index contributed by atoms with van der Waals surface area (Å²) in [7, 11) is 0. The lowest BCUT2D eigenvalue weighted by molar-refractivity contribution is -0.123. The van der Waals surface area contributed by atoms with E-state index in [9.17, 15) is 14.7 Å². The lowest BCUT2D eigenvalue weighted by atomic mass is 9.82. The standard InChI is InChI=1S/C25H26N2O4/c1-5-13-31-19-8-6-7-17(14-19)21-20(23(29)25(2,3)4)22(28)24(30)27(21)18-11-9-16(15-26)10-12-18/h6-12,14,21,28H,5,13H2,1-4H3. The minimum absolute atomic E-state index is 0.0644. The lowest BCUT2D eigenvalue weighted by Gasteiger charge is -2.29. The monoisotopic (exact) mass is 418 g/mol. The molecule has 0 radical (unpaired) electrons. The van der Waals surface area contributed by atoms with Crippen molar-refractivity contribution in [1.82, 2.24) is 0 Å². The van der Waals surface area contributed by atoms with Crippen LogP contribution in [0.15, 0.2) is 59.9 Å². The first-order valence-electron chi connectivity index (χ1n) is 10.2. The first kappa shape index (κ1) is 22.1. The van der Waals surface area contributed by atoms with Crippen molar-refractivity contribution in [2.75, 3.05) is 11.5 Å². The van der Waals surface area contributed by atoms with Gasteiger partial charge in [0.1, 0.15) is 5.75 Å². The normalized spacial score (nSPS) is 16.4. The average molecular weight is 418 g/mol. The smallest absolute Gasteiger partial charge is 0.294 e. The van der Waals surface area contributed by atoms with E-state index in [0.29, 0.717) is 29.2 Å². The van der Waals surface area contributed by atoms with Crippen LogP contribution in [0, 0.1) is 16.7 Å². The first-order valence-corrected chi connectivity index (χ1v) is 10.2. The number of carbonyl (C=O) groups excluding carboxylic acids is 2. The zero-order valence-electron chi connectivity index (χ0n) is 18.2. The molecule has 6 nitrogen and oxygen atoms in total. The Labute approximate surface area is 182 Å². The number of Topliss-reactive ketones (excluding diaryl/α,β-unsaturated/α-hetero) is 1. The van der Waals surface area contributed by atoms with E-state index in [1.54, 1.807) is 57.2 Å². The Morgan fingerprint density at radius 3 is 2.45 bits per heavy atom. The summed E-state index contributed by atoms with van der Waals surface area (Å²) in [5.74, 6) is -0.878. The molecule has 0 saturated heterocycles. The molecule has 0 saturated carbocycles. The second kappa shape index (κ2) is 8.65. The van der Waals surface area contributed by atoms with Gasteiger partial charge in [0, 0.05) is 11.1 Å².